The maximum atomic E-state index is 12.3. The molecule has 0 saturated carbocycles. The van der Waals surface area contributed by atoms with Crippen molar-refractivity contribution >= 4 is 5.91 Å². The number of ether oxygens (including phenoxy) is 1. The molecule has 1 atom stereocenters. The molecule has 5 nitrogen and oxygen atoms in total. The largest absolute Gasteiger partial charge is 0.372 e. The number of hydrogen-bond acceptors (Lipinski definition) is 3. The van der Waals surface area contributed by atoms with Crippen LogP contribution < -0.4 is 0 Å². The molecule has 1 aromatic heterocycles. The Kier molecular flexibility index (Phi) is 5.59. The van der Waals surface area contributed by atoms with Crippen LogP contribution in [0.1, 0.15) is 38.2 Å². The van der Waals surface area contributed by atoms with Crippen LogP contribution >= 0.6 is 0 Å². The normalized spacial score (nSPS) is 19.3. The summed E-state index contributed by atoms with van der Waals surface area (Å²) < 4.78 is 7.33. The van der Waals surface area contributed by atoms with E-state index in [1.165, 1.54) is 6.42 Å². The smallest absolute Gasteiger partial charge is 0.248 e. The molecule has 1 amide bonds. The molecule has 112 valence electrons. The van der Waals surface area contributed by atoms with Gasteiger partial charge in [-0.25, -0.2) is 0 Å². The van der Waals surface area contributed by atoms with E-state index in [0.717, 1.165) is 37.9 Å². The van der Waals surface area contributed by atoms with Crippen molar-refractivity contribution in [2.75, 3.05) is 19.8 Å². The third kappa shape index (κ3) is 4.07. The van der Waals surface area contributed by atoms with Gasteiger partial charge in [0.15, 0.2) is 0 Å². The second-order valence-electron chi connectivity index (χ2n) is 5.53. The summed E-state index contributed by atoms with van der Waals surface area (Å²) in [6.07, 6.45) is 8.17. The average molecular weight is 279 g/mol. The fraction of sp³-hybridized carbons (Fsp3) is 0.733. The molecule has 0 spiro atoms. The van der Waals surface area contributed by atoms with E-state index < -0.39 is 0 Å². The third-order valence-electron chi connectivity index (χ3n) is 3.68. The van der Waals surface area contributed by atoms with Gasteiger partial charge in [0.05, 0.1) is 18.8 Å². The van der Waals surface area contributed by atoms with Gasteiger partial charge in [0.1, 0.15) is 6.61 Å². The van der Waals surface area contributed by atoms with Crippen LogP contribution in [0.5, 0.6) is 0 Å². The Bertz CT molecular complexity index is 431. The fourth-order valence-corrected chi connectivity index (χ4v) is 2.69. The van der Waals surface area contributed by atoms with E-state index in [1.807, 2.05) is 35.8 Å². The number of nitrogens with zero attached hydrogens (tertiary/aromatic N) is 3. The first-order valence-corrected chi connectivity index (χ1v) is 7.57. The zero-order chi connectivity index (χ0) is 14.4. The second kappa shape index (κ2) is 7.43. The number of amides is 1. The number of carbonyl (C=O) groups is 1. The Morgan fingerprint density at radius 3 is 3.05 bits per heavy atom. The number of aryl methyl sites for hydroxylation is 1. The summed E-state index contributed by atoms with van der Waals surface area (Å²) in [6.45, 7) is 6.58. The molecule has 0 aliphatic carbocycles. The van der Waals surface area contributed by atoms with Gasteiger partial charge < -0.3 is 9.64 Å². The van der Waals surface area contributed by atoms with E-state index in [0.29, 0.717) is 6.61 Å². The van der Waals surface area contributed by atoms with E-state index in [2.05, 4.69) is 5.10 Å². The van der Waals surface area contributed by atoms with E-state index in [4.69, 9.17) is 4.74 Å². The number of carbonyl (C=O) groups excluding carboxylic acids is 1. The predicted molar refractivity (Wildman–Crippen MR) is 77.4 cm³/mol. The van der Waals surface area contributed by atoms with E-state index in [-0.39, 0.29) is 18.6 Å². The fourth-order valence-electron chi connectivity index (χ4n) is 2.69. The lowest BCUT2D eigenvalue weighted by Crippen LogP contribution is -2.47. The van der Waals surface area contributed by atoms with Crippen molar-refractivity contribution in [3.63, 3.8) is 0 Å². The quantitative estimate of drug-likeness (QED) is 0.748. The van der Waals surface area contributed by atoms with Gasteiger partial charge in [-0.05, 0) is 38.2 Å². The summed E-state index contributed by atoms with van der Waals surface area (Å²) >= 11 is 0. The third-order valence-corrected chi connectivity index (χ3v) is 3.68. The standard InChI is InChI=1S/C15H25N3O2/c1-3-8-20-12-15(19)18-7-5-4-6-14(18)11-17-10-13(2)9-16-17/h9-10,14H,3-8,11-12H2,1-2H3. The van der Waals surface area contributed by atoms with Crippen LogP contribution in [-0.2, 0) is 16.1 Å². The van der Waals surface area contributed by atoms with E-state index in [9.17, 15) is 4.79 Å². The van der Waals surface area contributed by atoms with Crippen molar-refractivity contribution in [3.8, 4) is 0 Å². The van der Waals surface area contributed by atoms with Crippen LogP contribution in [-0.4, -0.2) is 46.4 Å². The topological polar surface area (TPSA) is 47.4 Å². The molecule has 0 N–H and O–H groups in total. The SMILES string of the molecule is CCCOCC(=O)N1CCCCC1Cn1cc(C)cn1. The second-order valence-corrected chi connectivity index (χ2v) is 5.53. The van der Waals surface area contributed by atoms with E-state index in [1.54, 1.807) is 0 Å². The summed E-state index contributed by atoms with van der Waals surface area (Å²) in [7, 11) is 0. The molecule has 1 fully saturated rings. The lowest BCUT2D eigenvalue weighted by Gasteiger charge is -2.35. The highest BCUT2D eigenvalue weighted by molar-refractivity contribution is 5.77. The molecular weight excluding hydrogens is 254 g/mol. The van der Waals surface area contributed by atoms with Gasteiger partial charge in [-0.2, -0.15) is 5.10 Å². The van der Waals surface area contributed by atoms with Gasteiger partial charge in [-0.1, -0.05) is 6.92 Å². The van der Waals surface area contributed by atoms with Crippen molar-refractivity contribution in [1.82, 2.24) is 14.7 Å². The van der Waals surface area contributed by atoms with Crippen molar-refractivity contribution in [3.05, 3.63) is 18.0 Å². The van der Waals surface area contributed by atoms with Crippen molar-refractivity contribution in [1.29, 1.82) is 0 Å². The summed E-state index contributed by atoms with van der Waals surface area (Å²) in [5, 5.41) is 4.33. The molecule has 1 unspecified atom stereocenters. The first-order valence-electron chi connectivity index (χ1n) is 7.57. The van der Waals surface area contributed by atoms with Crippen LogP contribution in [0, 0.1) is 6.92 Å². The first kappa shape index (κ1) is 15.0. The minimum absolute atomic E-state index is 0.118. The Morgan fingerprint density at radius 1 is 1.50 bits per heavy atom. The van der Waals surface area contributed by atoms with E-state index >= 15 is 0 Å². The highest BCUT2D eigenvalue weighted by Gasteiger charge is 2.27. The summed E-state index contributed by atoms with van der Waals surface area (Å²) in [4.78, 5) is 14.2. The molecule has 1 aliphatic heterocycles. The molecule has 1 aliphatic rings. The van der Waals surface area contributed by atoms with Crippen LogP contribution in [0.25, 0.3) is 0 Å². The number of hydrogen-bond donors (Lipinski definition) is 0. The number of likely N-dealkylation sites (tertiary alicyclic amines) is 1. The van der Waals surface area contributed by atoms with Gasteiger partial charge in [0.2, 0.25) is 5.91 Å². The molecule has 20 heavy (non-hydrogen) atoms. The van der Waals surface area contributed by atoms with Gasteiger partial charge in [-0.3, -0.25) is 9.48 Å². The van der Waals surface area contributed by atoms with Crippen LogP contribution in [0.4, 0.5) is 0 Å². The van der Waals surface area contributed by atoms with Gasteiger partial charge >= 0.3 is 0 Å². The lowest BCUT2D eigenvalue weighted by molar-refractivity contribution is -0.140. The summed E-state index contributed by atoms with van der Waals surface area (Å²) in [5.41, 5.74) is 1.16. The molecule has 2 heterocycles. The predicted octanol–water partition coefficient (Wildman–Crippen LogP) is 2.00. The zero-order valence-corrected chi connectivity index (χ0v) is 12.5. The molecule has 1 saturated heterocycles. The molecule has 2 rings (SSSR count). The minimum Gasteiger partial charge on any atom is -0.372 e. The highest BCUT2D eigenvalue weighted by atomic mass is 16.5. The Labute approximate surface area is 120 Å². The van der Waals surface area contributed by atoms with Crippen molar-refractivity contribution < 1.29 is 9.53 Å². The van der Waals surface area contributed by atoms with Gasteiger partial charge in [-0.15, -0.1) is 0 Å². The monoisotopic (exact) mass is 279 g/mol. The minimum atomic E-state index is 0.118. The average Bonchev–Trinajstić information content (AvgIpc) is 2.85. The molecule has 0 aromatic carbocycles. The van der Waals surface area contributed by atoms with Gasteiger partial charge in [0, 0.05) is 19.3 Å². The molecule has 5 heteroatoms. The van der Waals surface area contributed by atoms with Crippen molar-refractivity contribution in [2.24, 2.45) is 0 Å². The number of aromatic nitrogens is 2. The number of rotatable bonds is 6. The molecule has 1 aromatic rings. The molecule has 0 radical (unpaired) electrons. The van der Waals surface area contributed by atoms with Crippen LogP contribution in [0.15, 0.2) is 12.4 Å². The Morgan fingerprint density at radius 2 is 2.35 bits per heavy atom. The summed E-state index contributed by atoms with van der Waals surface area (Å²) in [5.74, 6) is 0.118. The van der Waals surface area contributed by atoms with Crippen LogP contribution in [0.2, 0.25) is 0 Å². The first-order chi connectivity index (χ1) is 9.70. The van der Waals surface area contributed by atoms with Gasteiger partial charge in [0.25, 0.3) is 0 Å². The Hall–Kier alpha value is -1.36. The Balaban J connectivity index is 1.92. The highest BCUT2D eigenvalue weighted by Crippen LogP contribution is 2.19. The summed E-state index contributed by atoms with van der Waals surface area (Å²) in [6, 6.07) is 0.251. The maximum absolute atomic E-state index is 12.3. The van der Waals surface area contributed by atoms with Crippen molar-refractivity contribution in [2.45, 2.75) is 52.1 Å². The maximum Gasteiger partial charge on any atom is 0.248 e. The zero-order valence-electron chi connectivity index (χ0n) is 12.5. The number of piperidine rings is 1. The molecule has 0 bridgehead atoms. The van der Waals surface area contributed by atoms with Crippen LogP contribution in [0.3, 0.4) is 0 Å². The lowest BCUT2D eigenvalue weighted by atomic mass is 10.0. The molecular formula is C15H25N3O2.